The minimum Gasteiger partial charge on any atom is -0.490 e. The van der Waals surface area contributed by atoms with E-state index in [1.165, 1.54) is 11.8 Å². The van der Waals surface area contributed by atoms with Gasteiger partial charge in [-0.3, -0.25) is 9.78 Å². The molecule has 0 spiro atoms. The van der Waals surface area contributed by atoms with Gasteiger partial charge in [0.25, 0.3) is 5.91 Å². The summed E-state index contributed by atoms with van der Waals surface area (Å²) in [5, 5.41) is 5.33. The van der Waals surface area contributed by atoms with Crippen LogP contribution in [0.25, 0.3) is 10.9 Å². The molecule has 1 heterocycles. The van der Waals surface area contributed by atoms with Gasteiger partial charge in [-0.1, -0.05) is 59.6 Å². The number of fused-ring (bicyclic) bond motifs is 1. The van der Waals surface area contributed by atoms with Gasteiger partial charge in [-0.25, -0.2) is 5.43 Å². The molecule has 0 unspecified atom stereocenters. The number of hydrazone groups is 1. The largest absolute Gasteiger partial charge is 0.490 e. The van der Waals surface area contributed by atoms with E-state index >= 15 is 0 Å². The summed E-state index contributed by atoms with van der Waals surface area (Å²) >= 11 is 6.49. The summed E-state index contributed by atoms with van der Waals surface area (Å²) in [6, 6.07) is 20.9. The number of pyridine rings is 1. The number of para-hydroxylation sites is 1. The van der Waals surface area contributed by atoms with E-state index in [1.807, 2.05) is 62.4 Å². The molecule has 3 aromatic carbocycles. The van der Waals surface area contributed by atoms with E-state index < -0.39 is 5.91 Å². The monoisotopic (exact) mass is 503 g/mol. The molecule has 0 radical (unpaired) electrons. The number of amides is 1. The van der Waals surface area contributed by atoms with Crippen LogP contribution in [0.3, 0.4) is 0 Å². The van der Waals surface area contributed by atoms with Crippen LogP contribution < -0.4 is 19.6 Å². The highest BCUT2D eigenvalue weighted by molar-refractivity contribution is 6.32. The highest BCUT2D eigenvalue weighted by atomic mass is 35.5. The Bertz CT molecular complexity index is 1370. The molecule has 4 aromatic rings. The predicted molar refractivity (Wildman–Crippen MR) is 141 cm³/mol. The minimum absolute atomic E-state index is 0.205. The van der Waals surface area contributed by atoms with Crippen molar-refractivity contribution in [2.24, 2.45) is 5.10 Å². The first-order valence-electron chi connectivity index (χ1n) is 11.5. The predicted octanol–water partition coefficient (Wildman–Crippen LogP) is 5.70. The highest BCUT2D eigenvalue weighted by Crippen LogP contribution is 2.37. The highest BCUT2D eigenvalue weighted by Gasteiger charge is 2.13. The number of hydrogen-bond donors (Lipinski definition) is 1. The van der Waals surface area contributed by atoms with Crippen LogP contribution in [0.5, 0.6) is 17.2 Å². The van der Waals surface area contributed by atoms with Crippen LogP contribution in [0, 0.1) is 6.92 Å². The average Bonchev–Trinajstić information content (AvgIpc) is 2.88. The van der Waals surface area contributed by atoms with Crippen molar-refractivity contribution in [3.05, 3.63) is 94.6 Å². The third-order valence-electron chi connectivity index (χ3n) is 5.19. The van der Waals surface area contributed by atoms with Crippen LogP contribution >= 0.6 is 11.6 Å². The first-order valence-corrected chi connectivity index (χ1v) is 11.8. The Balaban J connectivity index is 1.37. The van der Waals surface area contributed by atoms with Crippen molar-refractivity contribution < 1.29 is 19.0 Å². The molecular weight excluding hydrogens is 478 g/mol. The maximum Gasteiger partial charge on any atom is 0.277 e. The summed E-state index contributed by atoms with van der Waals surface area (Å²) in [5.41, 5.74) is 6.00. The molecule has 8 heteroatoms. The fourth-order valence-electron chi connectivity index (χ4n) is 3.45. The van der Waals surface area contributed by atoms with Gasteiger partial charge in [-0.05, 0) is 49.2 Å². The number of rotatable bonds is 10. The van der Waals surface area contributed by atoms with Crippen LogP contribution in [0.1, 0.15) is 23.6 Å². The van der Waals surface area contributed by atoms with E-state index in [2.05, 4.69) is 15.5 Å². The van der Waals surface area contributed by atoms with Gasteiger partial charge >= 0.3 is 0 Å². The summed E-state index contributed by atoms with van der Waals surface area (Å²) in [6.45, 7) is 4.51. The molecule has 1 N–H and O–H groups in total. The number of ether oxygens (including phenoxy) is 3. The van der Waals surface area contributed by atoms with Gasteiger partial charge in [0.15, 0.2) is 18.1 Å². The van der Waals surface area contributed by atoms with Gasteiger partial charge in [0.1, 0.15) is 17.9 Å². The number of hydrogen-bond acceptors (Lipinski definition) is 6. The number of halogens is 1. The van der Waals surface area contributed by atoms with Crippen molar-refractivity contribution in [3.63, 3.8) is 0 Å². The molecule has 0 saturated heterocycles. The Kier molecular flexibility index (Phi) is 8.36. The summed E-state index contributed by atoms with van der Waals surface area (Å²) in [4.78, 5) is 16.5. The van der Waals surface area contributed by atoms with Crippen molar-refractivity contribution in [1.82, 2.24) is 10.4 Å². The molecule has 0 aliphatic heterocycles. The lowest BCUT2D eigenvalue weighted by molar-refractivity contribution is -0.123. The molecule has 0 atom stereocenters. The number of aromatic nitrogens is 1. The van der Waals surface area contributed by atoms with Gasteiger partial charge in [0, 0.05) is 11.6 Å². The molecule has 7 nitrogen and oxygen atoms in total. The van der Waals surface area contributed by atoms with Gasteiger partial charge in [0.05, 0.1) is 17.8 Å². The zero-order valence-corrected chi connectivity index (χ0v) is 20.8. The summed E-state index contributed by atoms with van der Waals surface area (Å²) in [7, 11) is 0. The van der Waals surface area contributed by atoms with Crippen molar-refractivity contribution in [1.29, 1.82) is 0 Å². The second kappa shape index (κ2) is 12.0. The van der Waals surface area contributed by atoms with E-state index in [0.29, 0.717) is 46.6 Å². The average molecular weight is 504 g/mol. The third kappa shape index (κ3) is 6.52. The van der Waals surface area contributed by atoms with E-state index in [4.69, 9.17) is 25.8 Å². The topological polar surface area (TPSA) is 82.0 Å². The molecule has 1 aromatic heterocycles. The second-order valence-corrected chi connectivity index (χ2v) is 8.36. The van der Waals surface area contributed by atoms with Crippen molar-refractivity contribution in [2.45, 2.75) is 20.5 Å². The first-order chi connectivity index (χ1) is 17.5. The van der Waals surface area contributed by atoms with Crippen LogP contribution in [-0.4, -0.2) is 30.3 Å². The molecule has 1 amide bonds. The van der Waals surface area contributed by atoms with E-state index in [9.17, 15) is 4.79 Å². The van der Waals surface area contributed by atoms with E-state index in [-0.39, 0.29) is 6.61 Å². The number of nitrogens with one attached hydrogen (secondary N) is 1. The van der Waals surface area contributed by atoms with Crippen molar-refractivity contribution in [3.8, 4) is 17.2 Å². The maximum atomic E-state index is 12.2. The van der Waals surface area contributed by atoms with Crippen LogP contribution in [0.2, 0.25) is 5.02 Å². The molecular formula is C28H26ClN3O4. The molecule has 0 bridgehead atoms. The Morgan fingerprint density at radius 3 is 2.64 bits per heavy atom. The van der Waals surface area contributed by atoms with Crippen LogP contribution in [0.4, 0.5) is 0 Å². The van der Waals surface area contributed by atoms with Crippen molar-refractivity contribution >= 4 is 34.6 Å². The lowest BCUT2D eigenvalue weighted by Gasteiger charge is -2.14. The number of aryl methyl sites for hydroxylation is 1. The molecule has 0 aliphatic rings. The standard InChI is InChI=1S/C28H26ClN3O4/c1-3-34-25-15-21(14-23(29)28(25)36-17-20-11-9-19(2)10-12-20)16-31-32-26(33)18-35-24-8-4-6-22-7-5-13-30-27(22)24/h4-16H,3,17-18H2,1-2H3,(H,32,33)/b31-16+. The van der Waals surface area contributed by atoms with E-state index in [1.54, 1.807) is 24.4 Å². The normalized spacial score (nSPS) is 11.0. The molecule has 0 fully saturated rings. The molecule has 36 heavy (non-hydrogen) atoms. The second-order valence-electron chi connectivity index (χ2n) is 7.95. The smallest absolute Gasteiger partial charge is 0.277 e. The Morgan fingerprint density at radius 1 is 1.03 bits per heavy atom. The number of benzene rings is 3. The van der Waals surface area contributed by atoms with Gasteiger partial charge < -0.3 is 14.2 Å². The number of nitrogens with zero attached hydrogens (tertiary/aromatic N) is 2. The fourth-order valence-corrected chi connectivity index (χ4v) is 3.73. The quantitative estimate of drug-likeness (QED) is 0.221. The summed E-state index contributed by atoms with van der Waals surface area (Å²) in [6.07, 6.45) is 3.16. The SMILES string of the molecule is CCOc1cc(/C=N/NC(=O)COc2cccc3cccnc23)cc(Cl)c1OCc1ccc(C)cc1. The lowest BCUT2D eigenvalue weighted by atomic mass is 10.1. The Labute approximate surface area is 214 Å². The molecule has 0 saturated carbocycles. The Morgan fingerprint density at radius 2 is 1.83 bits per heavy atom. The summed E-state index contributed by atoms with van der Waals surface area (Å²) in [5.74, 6) is 1.07. The van der Waals surface area contributed by atoms with Crippen molar-refractivity contribution in [2.75, 3.05) is 13.2 Å². The first kappa shape index (κ1) is 25.0. The van der Waals surface area contributed by atoms with E-state index in [0.717, 1.165) is 10.9 Å². The molecule has 0 aliphatic carbocycles. The van der Waals surface area contributed by atoms with Crippen LogP contribution in [0.15, 0.2) is 78.0 Å². The third-order valence-corrected chi connectivity index (χ3v) is 5.47. The van der Waals surface area contributed by atoms with Gasteiger partial charge in [-0.15, -0.1) is 0 Å². The number of carbonyl (C=O) groups excluding carboxylic acids is 1. The number of carbonyl (C=O) groups is 1. The lowest BCUT2D eigenvalue weighted by Crippen LogP contribution is -2.24. The summed E-state index contributed by atoms with van der Waals surface area (Å²) < 4.78 is 17.3. The Hall–Kier alpha value is -4.10. The minimum atomic E-state index is -0.409. The maximum absolute atomic E-state index is 12.2. The molecule has 184 valence electrons. The molecule has 4 rings (SSSR count). The zero-order valence-electron chi connectivity index (χ0n) is 20.0. The van der Waals surface area contributed by atoms with Gasteiger partial charge in [-0.2, -0.15) is 5.10 Å². The fraction of sp³-hybridized carbons (Fsp3) is 0.179. The van der Waals surface area contributed by atoms with Gasteiger partial charge in [0.2, 0.25) is 0 Å². The zero-order chi connectivity index (χ0) is 25.3. The van der Waals surface area contributed by atoms with Crippen LogP contribution in [-0.2, 0) is 11.4 Å².